The van der Waals surface area contributed by atoms with Crippen molar-refractivity contribution in [2.24, 2.45) is 11.3 Å². The summed E-state index contributed by atoms with van der Waals surface area (Å²) < 4.78 is 0. The molecule has 2 aliphatic carbocycles. The minimum atomic E-state index is -0.236. The number of nitriles is 1. The topological polar surface area (TPSA) is 90.9 Å². The largest absolute Gasteiger partial charge is 0.396 e. The van der Waals surface area contributed by atoms with E-state index in [-0.39, 0.29) is 11.6 Å². The van der Waals surface area contributed by atoms with E-state index in [0.29, 0.717) is 15.9 Å². The van der Waals surface area contributed by atoms with Gasteiger partial charge in [0.15, 0.2) is 0 Å². The zero-order chi connectivity index (χ0) is 14.3. The van der Waals surface area contributed by atoms with Crippen LogP contribution in [0.4, 0.5) is 10.7 Å². The lowest BCUT2D eigenvalue weighted by Crippen LogP contribution is -2.17. The molecule has 20 heavy (non-hydrogen) atoms. The van der Waals surface area contributed by atoms with Gasteiger partial charge in [0.25, 0.3) is 5.91 Å². The molecule has 1 aromatic heterocycles. The smallest absolute Gasteiger partial charge is 0.263 e. The molecule has 2 saturated carbocycles. The lowest BCUT2D eigenvalue weighted by atomic mass is 10.0. The molecule has 1 amide bonds. The monoisotopic (exact) mass is 290 g/mol. The van der Waals surface area contributed by atoms with Crippen molar-refractivity contribution in [2.75, 3.05) is 24.6 Å². The van der Waals surface area contributed by atoms with Gasteiger partial charge in [0, 0.05) is 13.6 Å². The van der Waals surface area contributed by atoms with E-state index < -0.39 is 0 Å². The second kappa shape index (κ2) is 4.67. The zero-order valence-corrected chi connectivity index (χ0v) is 12.3. The summed E-state index contributed by atoms with van der Waals surface area (Å²) in [7, 11) is 1.56. The molecule has 0 bridgehead atoms. The average molecular weight is 290 g/mol. The predicted octanol–water partition coefficient (Wildman–Crippen LogP) is 2.16. The summed E-state index contributed by atoms with van der Waals surface area (Å²) in [5, 5.41) is 15.9. The Morgan fingerprint density at radius 3 is 2.75 bits per heavy atom. The number of rotatable bonds is 5. The SMILES string of the molecule is CNC(=O)c1sc(NCC2(C3CC3)CC2)c(C#N)c1N. The van der Waals surface area contributed by atoms with Gasteiger partial charge >= 0.3 is 0 Å². The fourth-order valence-electron chi connectivity index (χ4n) is 2.80. The molecule has 0 unspecified atom stereocenters. The third kappa shape index (κ3) is 2.12. The lowest BCUT2D eigenvalue weighted by Gasteiger charge is -2.15. The normalized spacial score (nSPS) is 19.2. The summed E-state index contributed by atoms with van der Waals surface area (Å²) in [4.78, 5) is 12.1. The van der Waals surface area contributed by atoms with Crippen LogP contribution in [-0.4, -0.2) is 19.5 Å². The number of nitrogen functional groups attached to an aromatic ring is 1. The second-order valence-corrected chi connectivity index (χ2v) is 6.75. The van der Waals surface area contributed by atoms with Crippen LogP contribution in [0.3, 0.4) is 0 Å². The summed E-state index contributed by atoms with van der Waals surface area (Å²) in [5.74, 6) is 0.622. The molecule has 5 nitrogen and oxygen atoms in total. The van der Waals surface area contributed by atoms with Gasteiger partial charge in [-0.25, -0.2) is 0 Å². The molecule has 0 aromatic carbocycles. The van der Waals surface area contributed by atoms with Crippen molar-refractivity contribution >= 4 is 27.9 Å². The van der Waals surface area contributed by atoms with E-state index >= 15 is 0 Å². The first kappa shape index (κ1) is 13.3. The molecule has 0 aliphatic heterocycles. The molecule has 0 atom stereocenters. The molecule has 0 saturated heterocycles. The number of carbonyl (C=O) groups is 1. The minimum Gasteiger partial charge on any atom is -0.396 e. The van der Waals surface area contributed by atoms with Gasteiger partial charge in [-0.2, -0.15) is 5.26 Å². The summed E-state index contributed by atoms with van der Waals surface area (Å²) in [6, 6.07) is 2.11. The highest BCUT2D eigenvalue weighted by Crippen LogP contribution is 2.61. The number of thiophene rings is 1. The summed E-state index contributed by atoms with van der Waals surface area (Å²) in [6.45, 7) is 0.888. The molecular weight excluding hydrogens is 272 g/mol. The van der Waals surface area contributed by atoms with Gasteiger partial charge in [-0.3, -0.25) is 4.79 Å². The number of nitrogens with zero attached hydrogens (tertiary/aromatic N) is 1. The maximum Gasteiger partial charge on any atom is 0.263 e. The first-order valence-corrected chi connectivity index (χ1v) is 7.71. The molecule has 106 valence electrons. The van der Waals surface area contributed by atoms with Crippen molar-refractivity contribution in [3.8, 4) is 6.07 Å². The van der Waals surface area contributed by atoms with Gasteiger partial charge in [-0.05, 0) is 37.0 Å². The Labute approximate surface area is 122 Å². The van der Waals surface area contributed by atoms with Gasteiger partial charge in [0.1, 0.15) is 21.5 Å². The van der Waals surface area contributed by atoms with Crippen LogP contribution in [0.25, 0.3) is 0 Å². The first-order valence-electron chi connectivity index (χ1n) is 6.89. The fourth-order valence-corrected chi connectivity index (χ4v) is 3.82. The van der Waals surface area contributed by atoms with Crippen molar-refractivity contribution in [2.45, 2.75) is 25.7 Å². The number of carbonyl (C=O) groups excluding carboxylic acids is 1. The van der Waals surface area contributed by atoms with E-state index in [4.69, 9.17) is 5.73 Å². The van der Waals surface area contributed by atoms with Crippen LogP contribution in [0, 0.1) is 22.7 Å². The van der Waals surface area contributed by atoms with E-state index in [0.717, 1.165) is 17.5 Å². The number of nitrogens with two attached hydrogens (primary N) is 1. The third-order valence-electron chi connectivity index (χ3n) is 4.43. The molecule has 1 aromatic rings. The van der Waals surface area contributed by atoms with Crippen LogP contribution >= 0.6 is 11.3 Å². The van der Waals surface area contributed by atoms with Gasteiger partial charge in [0.05, 0.1) is 5.69 Å². The number of hydrogen-bond donors (Lipinski definition) is 3. The second-order valence-electron chi connectivity index (χ2n) is 5.73. The quantitative estimate of drug-likeness (QED) is 0.775. The number of hydrogen-bond acceptors (Lipinski definition) is 5. The molecule has 2 fully saturated rings. The molecule has 0 spiro atoms. The zero-order valence-electron chi connectivity index (χ0n) is 11.5. The summed E-state index contributed by atoms with van der Waals surface area (Å²) in [6.07, 6.45) is 5.22. The highest BCUT2D eigenvalue weighted by atomic mass is 32.1. The average Bonchev–Trinajstić information content (AvgIpc) is 3.33. The lowest BCUT2D eigenvalue weighted by molar-refractivity contribution is 0.0968. The molecule has 6 heteroatoms. The molecule has 3 rings (SSSR count). The maximum atomic E-state index is 11.7. The number of anilines is 2. The Hall–Kier alpha value is -1.74. The van der Waals surface area contributed by atoms with Gasteiger partial charge in [-0.15, -0.1) is 11.3 Å². The fraction of sp³-hybridized carbons (Fsp3) is 0.571. The van der Waals surface area contributed by atoms with Crippen LogP contribution in [0.1, 0.15) is 40.9 Å². The Morgan fingerprint density at radius 2 is 2.25 bits per heavy atom. The van der Waals surface area contributed by atoms with Crippen molar-refractivity contribution in [1.82, 2.24) is 5.32 Å². The first-order chi connectivity index (χ1) is 9.61. The van der Waals surface area contributed by atoms with E-state index in [2.05, 4.69) is 16.7 Å². The van der Waals surface area contributed by atoms with E-state index in [1.807, 2.05) is 0 Å². The maximum absolute atomic E-state index is 11.7. The highest BCUT2D eigenvalue weighted by molar-refractivity contribution is 7.18. The van der Waals surface area contributed by atoms with Crippen molar-refractivity contribution in [3.63, 3.8) is 0 Å². The Kier molecular flexibility index (Phi) is 3.09. The molecular formula is C14H18N4OS. The van der Waals surface area contributed by atoms with Crippen molar-refractivity contribution in [1.29, 1.82) is 5.26 Å². The number of amides is 1. The Bertz CT molecular complexity index is 593. The Morgan fingerprint density at radius 1 is 1.55 bits per heavy atom. The summed E-state index contributed by atoms with van der Waals surface area (Å²) >= 11 is 1.27. The molecule has 2 aliphatic rings. The standard InChI is InChI=1S/C14H18N4OS/c1-17-12(19)11-10(16)9(6-15)13(20-11)18-7-14(4-5-14)8-2-3-8/h8,18H,2-5,7,16H2,1H3,(H,17,19). The van der Waals surface area contributed by atoms with Crippen LogP contribution in [0.5, 0.6) is 0 Å². The molecule has 0 radical (unpaired) electrons. The van der Waals surface area contributed by atoms with Gasteiger partial charge in [0.2, 0.25) is 0 Å². The minimum absolute atomic E-state index is 0.236. The van der Waals surface area contributed by atoms with E-state index in [1.54, 1.807) is 7.05 Å². The summed E-state index contributed by atoms with van der Waals surface area (Å²) in [5.41, 5.74) is 7.04. The molecule has 4 N–H and O–H groups in total. The number of nitrogens with one attached hydrogen (secondary N) is 2. The van der Waals surface area contributed by atoms with E-state index in [1.165, 1.54) is 37.0 Å². The predicted molar refractivity (Wildman–Crippen MR) is 79.7 cm³/mol. The Balaban J connectivity index is 1.78. The highest BCUT2D eigenvalue weighted by Gasteiger charge is 2.53. The van der Waals surface area contributed by atoms with Crippen LogP contribution in [0.2, 0.25) is 0 Å². The van der Waals surface area contributed by atoms with Crippen LogP contribution in [0.15, 0.2) is 0 Å². The van der Waals surface area contributed by atoms with Gasteiger partial charge in [-0.1, -0.05) is 0 Å². The van der Waals surface area contributed by atoms with Crippen molar-refractivity contribution < 1.29 is 4.79 Å². The van der Waals surface area contributed by atoms with Gasteiger partial charge < -0.3 is 16.4 Å². The third-order valence-corrected chi connectivity index (χ3v) is 5.59. The van der Waals surface area contributed by atoms with Crippen LogP contribution < -0.4 is 16.4 Å². The van der Waals surface area contributed by atoms with Crippen LogP contribution in [-0.2, 0) is 0 Å². The van der Waals surface area contributed by atoms with E-state index in [9.17, 15) is 10.1 Å². The van der Waals surface area contributed by atoms with Crippen molar-refractivity contribution in [3.05, 3.63) is 10.4 Å². The molecule has 1 heterocycles.